The monoisotopic (exact) mass is 264 g/mol. The van der Waals surface area contributed by atoms with Gasteiger partial charge in [-0.05, 0) is 22.6 Å². The van der Waals surface area contributed by atoms with Gasteiger partial charge in [-0.15, -0.1) is 0 Å². The Morgan fingerprint density at radius 1 is 0.700 bits per heavy atom. The summed E-state index contributed by atoms with van der Waals surface area (Å²) in [6.07, 6.45) is 0. The fraction of sp³-hybridized carbons (Fsp3) is 0. The van der Waals surface area contributed by atoms with Crippen LogP contribution in [0.3, 0.4) is 0 Å². The Labute approximate surface area is 117 Å². The molecule has 0 saturated heterocycles. The highest BCUT2D eigenvalue weighted by Crippen LogP contribution is 2.34. The van der Waals surface area contributed by atoms with Gasteiger partial charge >= 0.3 is 7.32 Å². The Bertz CT molecular complexity index is 726. The molecule has 0 aliphatic rings. The van der Waals surface area contributed by atoms with Crippen molar-refractivity contribution >= 4 is 18.1 Å². The van der Waals surface area contributed by atoms with Crippen molar-refractivity contribution in [1.82, 2.24) is 0 Å². The SMILES string of the molecule is OB(O)Oc1ccc(-c2ccccc2)c2ccccc12. The molecule has 0 radical (unpaired) electrons. The highest BCUT2D eigenvalue weighted by molar-refractivity contribution is 6.34. The quantitative estimate of drug-likeness (QED) is 0.715. The zero-order valence-electron chi connectivity index (χ0n) is 10.7. The minimum atomic E-state index is -1.82. The van der Waals surface area contributed by atoms with Crippen LogP contribution in [0.1, 0.15) is 0 Å². The first kappa shape index (κ1) is 12.7. The number of benzene rings is 3. The molecule has 20 heavy (non-hydrogen) atoms. The van der Waals surface area contributed by atoms with Crippen molar-refractivity contribution in [3.63, 3.8) is 0 Å². The summed E-state index contributed by atoms with van der Waals surface area (Å²) in [5.41, 5.74) is 2.20. The van der Waals surface area contributed by atoms with Gasteiger partial charge in [-0.1, -0.05) is 60.7 Å². The van der Waals surface area contributed by atoms with E-state index in [1.54, 1.807) is 6.07 Å². The summed E-state index contributed by atoms with van der Waals surface area (Å²) in [5, 5.41) is 19.8. The summed E-state index contributed by atoms with van der Waals surface area (Å²) in [4.78, 5) is 0. The van der Waals surface area contributed by atoms with Crippen molar-refractivity contribution in [1.29, 1.82) is 0 Å². The van der Waals surface area contributed by atoms with Gasteiger partial charge in [0.25, 0.3) is 0 Å². The lowest BCUT2D eigenvalue weighted by atomic mass is 9.97. The first-order valence-corrected chi connectivity index (χ1v) is 6.35. The molecule has 3 rings (SSSR count). The highest BCUT2D eigenvalue weighted by Gasteiger charge is 2.14. The molecule has 3 aromatic rings. The van der Waals surface area contributed by atoms with Crippen molar-refractivity contribution in [3.05, 3.63) is 66.7 Å². The number of fused-ring (bicyclic) bond motifs is 1. The second-order valence-electron chi connectivity index (χ2n) is 4.47. The van der Waals surface area contributed by atoms with E-state index in [9.17, 15) is 0 Å². The van der Waals surface area contributed by atoms with Crippen LogP contribution in [0.2, 0.25) is 0 Å². The summed E-state index contributed by atoms with van der Waals surface area (Å²) in [7, 11) is -1.82. The smallest absolute Gasteiger partial charge is 0.512 e. The minimum absolute atomic E-state index is 0.454. The Morgan fingerprint density at radius 2 is 1.35 bits per heavy atom. The largest absolute Gasteiger partial charge is 0.707 e. The van der Waals surface area contributed by atoms with Gasteiger partial charge in [0.1, 0.15) is 5.75 Å². The van der Waals surface area contributed by atoms with E-state index >= 15 is 0 Å². The molecular weight excluding hydrogens is 251 g/mol. The molecule has 0 fully saturated rings. The molecule has 0 heterocycles. The molecule has 0 saturated carbocycles. The van der Waals surface area contributed by atoms with E-state index in [4.69, 9.17) is 14.7 Å². The molecule has 3 nitrogen and oxygen atoms in total. The van der Waals surface area contributed by atoms with Gasteiger partial charge in [-0.25, -0.2) is 0 Å². The van der Waals surface area contributed by atoms with Crippen molar-refractivity contribution in [2.75, 3.05) is 0 Å². The van der Waals surface area contributed by atoms with Gasteiger partial charge in [0.15, 0.2) is 0 Å². The van der Waals surface area contributed by atoms with E-state index < -0.39 is 7.32 Å². The van der Waals surface area contributed by atoms with Crippen LogP contribution in [0, 0.1) is 0 Å². The molecule has 0 aliphatic carbocycles. The zero-order valence-corrected chi connectivity index (χ0v) is 10.7. The maximum atomic E-state index is 8.98. The average molecular weight is 264 g/mol. The summed E-state index contributed by atoms with van der Waals surface area (Å²) in [6.45, 7) is 0. The molecule has 0 atom stereocenters. The van der Waals surface area contributed by atoms with Crippen molar-refractivity contribution < 1.29 is 14.7 Å². The van der Waals surface area contributed by atoms with Gasteiger partial charge in [-0.3, -0.25) is 0 Å². The van der Waals surface area contributed by atoms with E-state index in [0.717, 1.165) is 21.9 Å². The molecule has 0 aromatic heterocycles. The Balaban J connectivity index is 2.21. The lowest BCUT2D eigenvalue weighted by molar-refractivity contribution is 0.289. The maximum absolute atomic E-state index is 8.98. The Morgan fingerprint density at radius 3 is 2.05 bits per heavy atom. The second kappa shape index (κ2) is 5.37. The lowest BCUT2D eigenvalue weighted by Gasteiger charge is -2.12. The van der Waals surface area contributed by atoms with E-state index in [1.807, 2.05) is 60.7 Å². The summed E-state index contributed by atoms with van der Waals surface area (Å²) >= 11 is 0. The third kappa shape index (κ3) is 2.39. The maximum Gasteiger partial charge on any atom is 0.707 e. The molecule has 3 aromatic carbocycles. The second-order valence-corrected chi connectivity index (χ2v) is 4.47. The molecular formula is C16H13BO3. The van der Waals surface area contributed by atoms with Gasteiger partial charge in [-0.2, -0.15) is 0 Å². The minimum Gasteiger partial charge on any atom is -0.512 e. The van der Waals surface area contributed by atoms with Crippen molar-refractivity contribution in [2.45, 2.75) is 0 Å². The van der Waals surface area contributed by atoms with E-state index in [-0.39, 0.29) is 0 Å². The predicted molar refractivity (Wildman–Crippen MR) is 80.2 cm³/mol. The first-order valence-electron chi connectivity index (χ1n) is 6.35. The van der Waals surface area contributed by atoms with E-state index in [1.165, 1.54) is 0 Å². The van der Waals surface area contributed by atoms with Crippen LogP contribution in [0.25, 0.3) is 21.9 Å². The normalized spacial score (nSPS) is 10.5. The number of hydrogen-bond donors (Lipinski definition) is 2. The zero-order chi connectivity index (χ0) is 13.9. The first-order chi connectivity index (χ1) is 9.75. The summed E-state index contributed by atoms with van der Waals surface area (Å²) < 4.78 is 5.03. The van der Waals surface area contributed by atoms with Crippen LogP contribution < -0.4 is 4.65 Å². The third-order valence-electron chi connectivity index (χ3n) is 3.20. The predicted octanol–water partition coefficient (Wildman–Crippen LogP) is 2.86. The average Bonchev–Trinajstić information content (AvgIpc) is 2.48. The molecule has 0 unspecified atom stereocenters. The van der Waals surface area contributed by atoms with Crippen LogP contribution in [-0.4, -0.2) is 17.4 Å². The molecule has 0 bridgehead atoms. The van der Waals surface area contributed by atoms with E-state index in [2.05, 4.69) is 0 Å². The van der Waals surface area contributed by atoms with Crippen molar-refractivity contribution in [2.24, 2.45) is 0 Å². The standard InChI is InChI=1S/C16H13BO3/c18-17(19)20-16-11-10-13(12-6-2-1-3-7-12)14-8-4-5-9-15(14)16/h1-11,18-19H. The highest BCUT2D eigenvalue weighted by atomic mass is 16.6. The molecule has 2 N–H and O–H groups in total. The Hall–Kier alpha value is -2.30. The summed E-state index contributed by atoms with van der Waals surface area (Å²) in [5.74, 6) is 0.454. The topological polar surface area (TPSA) is 49.7 Å². The molecule has 0 amide bonds. The number of hydrogen-bond acceptors (Lipinski definition) is 3. The van der Waals surface area contributed by atoms with Gasteiger partial charge < -0.3 is 14.7 Å². The molecule has 0 aliphatic heterocycles. The van der Waals surface area contributed by atoms with Crippen LogP contribution in [0.15, 0.2) is 66.7 Å². The van der Waals surface area contributed by atoms with E-state index in [0.29, 0.717) is 5.75 Å². The van der Waals surface area contributed by atoms with Crippen LogP contribution in [0.5, 0.6) is 5.75 Å². The van der Waals surface area contributed by atoms with Gasteiger partial charge in [0, 0.05) is 5.39 Å². The Kier molecular flexibility index (Phi) is 3.42. The van der Waals surface area contributed by atoms with Crippen molar-refractivity contribution in [3.8, 4) is 16.9 Å². The fourth-order valence-electron chi connectivity index (χ4n) is 2.36. The van der Waals surface area contributed by atoms with Crippen LogP contribution in [0.4, 0.5) is 0 Å². The van der Waals surface area contributed by atoms with Gasteiger partial charge in [0.05, 0.1) is 0 Å². The lowest BCUT2D eigenvalue weighted by Crippen LogP contribution is -2.20. The molecule has 4 heteroatoms. The summed E-state index contributed by atoms with van der Waals surface area (Å²) in [6, 6.07) is 21.5. The van der Waals surface area contributed by atoms with Crippen LogP contribution in [-0.2, 0) is 0 Å². The third-order valence-corrected chi connectivity index (χ3v) is 3.20. The van der Waals surface area contributed by atoms with Gasteiger partial charge in [0.2, 0.25) is 0 Å². The molecule has 0 spiro atoms. The molecule has 98 valence electrons. The number of rotatable bonds is 3. The fourth-order valence-corrected chi connectivity index (χ4v) is 2.36. The van der Waals surface area contributed by atoms with Crippen LogP contribution >= 0.6 is 0 Å².